The average Bonchev–Trinajstić information content (AvgIpc) is 2.53. The van der Waals surface area contributed by atoms with Crippen LogP contribution in [-0.2, 0) is 6.61 Å². The Bertz CT molecular complexity index is 609. The number of methoxy groups -OCH3 is 1. The Kier molecular flexibility index (Phi) is 4.89. The van der Waals surface area contributed by atoms with Gasteiger partial charge in [-0.1, -0.05) is 12.1 Å². The van der Waals surface area contributed by atoms with Crippen molar-refractivity contribution in [2.75, 3.05) is 18.7 Å². The molecule has 1 heterocycles. The van der Waals surface area contributed by atoms with Crippen LogP contribution in [0.3, 0.4) is 0 Å². The van der Waals surface area contributed by atoms with E-state index in [1.165, 1.54) is 5.01 Å². The molecule has 0 aliphatic rings. The standard InChI is InChI=1S/C14H17FN4O2/c1-3-19(16)13-12(15)8-17-14(18-13)21-9-10-5-4-6-11(7-10)20-2/h4-8H,3,9,16H2,1-2H3. The van der Waals surface area contributed by atoms with Crippen LogP contribution in [0, 0.1) is 5.82 Å². The first-order chi connectivity index (χ1) is 10.1. The van der Waals surface area contributed by atoms with E-state index in [0.29, 0.717) is 6.54 Å². The molecule has 0 atom stereocenters. The molecule has 0 fully saturated rings. The first kappa shape index (κ1) is 15.0. The fraction of sp³-hybridized carbons (Fsp3) is 0.286. The quantitative estimate of drug-likeness (QED) is 0.647. The number of halogens is 1. The highest BCUT2D eigenvalue weighted by Gasteiger charge is 2.11. The van der Waals surface area contributed by atoms with Crippen molar-refractivity contribution >= 4 is 5.82 Å². The van der Waals surface area contributed by atoms with E-state index in [9.17, 15) is 4.39 Å². The Morgan fingerprint density at radius 3 is 2.90 bits per heavy atom. The van der Waals surface area contributed by atoms with E-state index in [0.717, 1.165) is 17.5 Å². The molecule has 2 N–H and O–H groups in total. The van der Waals surface area contributed by atoms with E-state index in [1.54, 1.807) is 14.0 Å². The molecule has 0 radical (unpaired) electrons. The molecule has 1 aromatic carbocycles. The van der Waals surface area contributed by atoms with Crippen LogP contribution in [0.4, 0.5) is 10.2 Å². The molecule has 0 aliphatic carbocycles. The number of aromatic nitrogens is 2. The Labute approximate surface area is 122 Å². The van der Waals surface area contributed by atoms with E-state index in [-0.39, 0.29) is 18.4 Å². The van der Waals surface area contributed by atoms with Crippen LogP contribution < -0.4 is 20.3 Å². The van der Waals surface area contributed by atoms with E-state index in [4.69, 9.17) is 15.3 Å². The predicted octanol–water partition coefficient (Wildman–Crippen LogP) is 1.90. The maximum Gasteiger partial charge on any atom is 0.318 e. The lowest BCUT2D eigenvalue weighted by Gasteiger charge is -2.16. The molecule has 0 aliphatic heterocycles. The lowest BCUT2D eigenvalue weighted by molar-refractivity contribution is 0.278. The zero-order chi connectivity index (χ0) is 15.2. The number of hydrogen-bond donors (Lipinski definition) is 1. The molecule has 0 spiro atoms. The van der Waals surface area contributed by atoms with Crippen LogP contribution in [0.1, 0.15) is 12.5 Å². The molecule has 21 heavy (non-hydrogen) atoms. The van der Waals surface area contributed by atoms with Gasteiger partial charge in [-0.15, -0.1) is 0 Å². The molecule has 6 nitrogen and oxygen atoms in total. The largest absolute Gasteiger partial charge is 0.497 e. The summed E-state index contributed by atoms with van der Waals surface area (Å²) >= 11 is 0. The third kappa shape index (κ3) is 3.79. The van der Waals surface area contributed by atoms with Crippen molar-refractivity contribution in [2.45, 2.75) is 13.5 Å². The van der Waals surface area contributed by atoms with E-state index in [2.05, 4.69) is 9.97 Å². The Morgan fingerprint density at radius 2 is 2.19 bits per heavy atom. The number of anilines is 1. The van der Waals surface area contributed by atoms with Gasteiger partial charge >= 0.3 is 6.01 Å². The van der Waals surface area contributed by atoms with Crippen LogP contribution in [0.5, 0.6) is 11.8 Å². The van der Waals surface area contributed by atoms with Gasteiger partial charge in [0.2, 0.25) is 0 Å². The van der Waals surface area contributed by atoms with Crippen LogP contribution in [-0.4, -0.2) is 23.6 Å². The number of benzene rings is 1. The van der Waals surface area contributed by atoms with Crippen molar-refractivity contribution in [3.8, 4) is 11.8 Å². The number of rotatable bonds is 6. The van der Waals surface area contributed by atoms with Gasteiger partial charge in [-0.2, -0.15) is 4.98 Å². The molecule has 0 saturated heterocycles. The first-order valence-corrected chi connectivity index (χ1v) is 6.44. The molecular weight excluding hydrogens is 275 g/mol. The predicted molar refractivity (Wildman–Crippen MR) is 76.5 cm³/mol. The van der Waals surface area contributed by atoms with Gasteiger partial charge in [-0.05, 0) is 24.6 Å². The zero-order valence-corrected chi connectivity index (χ0v) is 11.9. The van der Waals surface area contributed by atoms with Gasteiger partial charge in [0.25, 0.3) is 0 Å². The van der Waals surface area contributed by atoms with Gasteiger partial charge < -0.3 is 9.47 Å². The summed E-state index contributed by atoms with van der Waals surface area (Å²) in [6.45, 7) is 2.46. The number of hydrogen-bond acceptors (Lipinski definition) is 6. The second-order valence-electron chi connectivity index (χ2n) is 4.25. The highest BCUT2D eigenvalue weighted by atomic mass is 19.1. The van der Waals surface area contributed by atoms with Crippen LogP contribution in [0.2, 0.25) is 0 Å². The summed E-state index contributed by atoms with van der Waals surface area (Å²) in [6.07, 6.45) is 1.04. The molecular formula is C14H17FN4O2. The highest BCUT2D eigenvalue weighted by molar-refractivity contribution is 5.37. The minimum absolute atomic E-state index is 0.00754. The first-order valence-electron chi connectivity index (χ1n) is 6.44. The summed E-state index contributed by atoms with van der Waals surface area (Å²) in [5.41, 5.74) is 0.893. The van der Waals surface area contributed by atoms with Crippen molar-refractivity contribution in [3.05, 3.63) is 41.8 Å². The topological polar surface area (TPSA) is 73.5 Å². The summed E-state index contributed by atoms with van der Waals surface area (Å²) in [4.78, 5) is 7.75. The maximum absolute atomic E-state index is 13.6. The monoisotopic (exact) mass is 292 g/mol. The number of nitrogens with zero attached hydrogens (tertiary/aromatic N) is 3. The minimum atomic E-state index is -0.590. The lowest BCUT2D eigenvalue weighted by Crippen LogP contribution is -2.32. The van der Waals surface area contributed by atoms with Gasteiger partial charge in [-0.3, -0.25) is 5.01 Å². The normalized spacial score (nSPS) is 10.3. The molecule has 2 aromatic rings. The molecule has 0 saturated carbocycles. The van der Waals surface area contributed by atoms with Gasteiger partial charge in [0, 0.05) is 6.54 Å². The van der Waals surface area contributed by atoms with Crippen molar-refractivity contribution in [1.82, 2.24) is 9.97 Å². The zero-order valence-electron chi connectivity index (χ0n) is 11.9. The smallest absolute Gasteiger partial charge is 0.318 e. The van der Waals surface area contributed by atoms with Gasteiger partial charge in [0.05, 0.1) is 13.3 Å². The molecule has 112 valence electrons. The summed E-state index contributed by atoms with van der Waals surface area (Å²) in [6, 6.07) is 7.48. The number of nitrogens with two attached hydrogens (primary N) is 1. The summed E-state index contributed by atoms with van der Waals surface area (Å²) in [7, 11) is 1.59. The maximum atomic E-state index is 13.6. The SMILES string of the molecule is CCN(N)c1nc(OCc2cccc(OC)c2)ncc1F. The van der Waals surface area contributed by atoms with Crippen LogP contribution >= 0.6 is 0 Å². The van der Waals surface area contributed by atoms with Gasteiger partial charge in [0.15, 0.2) is 11.6 Å². The Morgan fingerprint density at radius 1 is 1.38 bits per heavy atom. The summed E-state index contributed by atoms with van der Waals surface area (Å²) < 4.78 is 24.1. The fourth-order valence-corrected chi connectivity index (χ4v) is 1.67. The van der Waals surface area contributed by atoms with Gasteiger partial charge in [0.1, 0.15) is 12.4 Å². The third-order valence-corrected chi connectivity index (χ3v) is 2.82. The van der Waals surface area contributed by atoms with Gasteiger partial charge in [-0.25, -0.2) is 15.2 Å². The van der Waals surface area contributed by atoms with Crippen molar-refractivity contribution in [1.29, 1.82) is 0 Å². The fourth-order valence-electron chi connectivity index (χ4n) is 1.67. The van der Waals surface area contributed by atoms with Crippen LogP contribution in [0.15, 0.2) is 30.5 Å². The average molecular weight is 292 g/mol. The molecule has 0 amide bonds. The van der Waals surface area contributed by atoms with E-state index < -0.39 is 5.82 Å². The number of hydrazine groups is 1. The second kappa shape index (κ2) is 6.85. The van der Waals surface area contributed by atoms with Crippen molar-refractivity contribution in [3.63, 3.8) is 0 Å². The lowest BCUT2D eigenvalue weighted by atomic mass is 10.2. The van der Waals surface area contributed by atoms with E-state index in [1.807, 2.05) is 24.3 Å². The number of ether oxygens (including phenoxy) is 2. The molecule has 1 aromatic heterocycles. The Hall–Kier alpha value is -2.41. The summed E-state index contributed by atoms with van der Waals surface area (Å²) in [5, 5.41) is 1.19. The second-order valence-corrected chi connectivity index (χ2v) is 4.25. The Balaban J connectivity index is 2.09. The molecule has 7 heteroatoms. The van der Waals surface area contributed by atoms with Crippen molar-refractivity contribution < 1.29 is 13.9 Å². The molecule has 0 unspecified atom stereocenters. The molecule has 0 bridgehead atoms. The highest BCUT2D eigenvalue weighted by Crippen LogP contribution is 2.18. The van der Waals surface area contributed by atoms with E-state index >= 15 is 0 Å². The molecule has 2 rings (SSSR count). The third-order valence-electron chi connectivity index (χ3n) is 2.82. The van der Waals surface area contributed by atoms with Crippen LogP contribution in [0.25, 0.3) is 0 Å². The summed E-state index contributed by atoms with van der Waals surface area (Å²) in [5.74, 6) is 5.79. The van der Waals surface area contributed by atoms with Crippen molar-refractivity contribution in [2.24, 2.45) is 5.84 Å². The minimum Gasteiger partial charge on any atom is -0.497 e.